The number of nitrogens with one attached hydrogen (secondary N) is 1. The minimum Gasteiger partial charge on any atom is -0.271 e. The lowest BCUT2D eigenvalue weighted by Crippen LogP contribution is -2.28. The van der Waals surface area contributed by atoms with Crippen LogP contribution in [0.2, 0.25) is 0 Å². The van der Waals surface area contributed by atoms with Crippen LogP contribution < -0.4 is 11.3 Å². The molecule has 1 atom stereocenters. The van der Waals surface area contributed by atoms with E-state index in [1.54, 1.807) is 11.3 Å². The Balaban J connectivity index is 2.41. The van der Waals surface area contributed by atoms with E-state index >= 15 is 0 Å². The predicted octanol–water partition coefficient (Wildman–Crippen LogP) is 2.75. The lowest BCUT2D eigenvalue weighted by molar-refractivity contribution is 0.604. The van der Waals surface area contributed by atoms with Crippen molar-refractivity contribution in [3.05, 3.63) is 57.5 Å². The van der Waals surface area contributed by atoms with E-state index in [4.69, 9.17) is 5.84 Å². The Bertz CT molecular complexity index is 448. The molecule has 0 amide bonds. The monoisotopic (exact) mass is 236 g/mol. The van der Waals surface area contributed by atoms with Crippen LogP contribution in [0.25, 0.3) is 0 Å². The topological polar surface area (TPSA) is 38.0 Å². The molecule has 0 aliphatic heterocycles. The van der Waals surface area contributed by atoms with Crippen molar-refractivity contribution in [2.45, 2.75) is 13.0 Å². The first-order valence-corrected chi connectivity index (χ1v) is 5.90. The highest BCUT2D eigenvalue weighted by molar-refractivity contribution is 7.08. The summed E-state index contributed by atoms with van der Waals surface area (Å²) in [6.45, 7) is 1.87. The smallest absolute Gasteiger partial charge is 0.123 e. The van der Waals surface area contributed by atoms with Gasteiger partial charge >= 0.3 is 0 Å². The average Bonchev–Trinajstić information content (AvgIpc) is 2.70. The minimum atomic E-state index is -0.231. The highest BCUT2D eigenvalue weighted by atomic mass is 32.1. The zero-order chi connectivity index (χ0) is 11.5. The second kappa shape index (κ2) is 4.74. The van der Waals surface area contributed by atoms with Gasteiger partial charge in [0.15, 0.2) is 0 Å². The van der Waals surface area contributed by atoms with Crippen molar-refractivity contribution < 1.29 is 4.39 Å². The van der Waals surface area contributed by atoms with Crippen LogP contribution in [-0.4, -0.2) is 0 Å². The lowest BCUT2D eigenvalue weighted by Gasteiger charge is -2.15. The third-order valence-electron chi connectivity index (χ3n) is 2.44. The predicted molar refractivity (Wildman–Crippen MR) is 64.6 cm³/mol. The molecule has 0 radical (unpaired) electrons. The first kappa shape index (κ1) is 11.3. The molecule has 0 bridgehead atoms. The summed E-state index contributed by atoms with van der Waals surface area (Å²) < 4.78 is 13.3. The second-order valence-corrected chi connectivity index (χ2v) is 4.50. The normalized spacial score (nSPS) is 12.7. The van der Waals surface area contributed by atoms with Crippen LogP contribution >= 0.6 is 11.3 Å². The highest BCUT2D eigenvalue weighted by Crippen LogP contribution is 2.24. The van der Waals surface area contributed by atoms with Crippen LogP contribution in [0, 0.1) is 12.7 Å². The number of aryl methyl sites for hydroxylation is 1. The fourth-order valence-electron chi connectivity index (χ4n) is 1.76. The van der Waals surface area contributed by atoms with Gasteiger partial charge in [0.25, 0.3) is 0 Å². The molecular formula is C12H13FN2S. The quantitative estimate of drug-likeness (QED) is 0.635. The lowest BCUT2D eigenvalue weighted by atomic mass is 10.00. The minimum absolute atomic E-state index is 0.152. The Morgan fingerprint density at radius 2 is 2.12 bits per heavy atom. The molecule has 1 aromatic carbocycles. The van der Waals surface area contributed by atoms with Gasteiger partial charge in [-0.3, -0.25) is 5.84 Å². The van der Waals surface area contributed by atoms with Crippen LogP contribution in [0.1, 0.15) is 22.7 Å². The molecular weight excluding hydrogens is 223 g/mol. The van der Waals surface area contributed by atoms with Crippen LogP contribution in [0.3, 0.4) is 0 Å². The van der Waals surface area contributed by atoms with E-state index in [-0.39, 0.29) is 11.9 Å². The summed E-state index contributed by atoms with van der Waals surface area (Å²) in [5.74, 6) is 5.30. The van der Waals surface area contributed by atoms with Gasteiger partial charge in [0.05, 0.1) is 6.04 Å². The van der Waals surface area contributed by atoms with Crippen molar-refractivity contribution in [3.63, 3.8) is 0 Å². The third kappa shape index (κ3) is 2.29. The van der Waals surface area contributed by atoms with E-state index in [2.05, 4.69) is 5.43 Å². The van der Waals surface area contributed by atoms with Gasteiger partial charge in [-0.2, -0.15) is 11.3 Å². The number of hydrazine groups is 1. The highest BCUT2D eigenvalue weighted by Gasteiger charge is 2.13. The SMILES string of the molecule is Cc1cc(F)cc(C(NN)c2ccsc2)c1. The fraction of sp³-hybridized carbons (Fsp3) is 0.167. The molecule has 2 aromatic rings. The molecule has 1 heterocycles. The number of rotatable bonds is 3. The fourth-order valence-corrected chi connectivity index (χ4v) is 2.44. The molecule has 0 aliphatic rings. The summed E-state index contributed by atoms with van der Waals surface area (Å²) >= 11 is 1.60. The molecule has 2 nitrogen and oxygen atoms in total. The van der Waals surface area contributed by atoms with Crippen molar-refractivity contribution in [1.29, 1.82) is 0 Å². The van der Waals surface area contributed by atoms with Crippen molar-refractivity contribution in [3.8, 4) is 0 Å². The molecule has 1 unspecified atom stereocenters. The molecule has 1 aromatic heterocycles. The van der Waals surface area contributed by atoms with Gasteiger partial charge in [-0.05, 0) is 52.6 Å². The van der Waals surface area contributed by atoms with Gasteiger partial charge in [-0.25, -0.2) is 9.82 Å². The largest absolute Gasteiger partial charge is 0.271 e. The number of thiophene rings is 1. The number of nitrogens with two attached hydrogens (primary N) is 1. The molecule has 0 fully saturated rings. The van der Waals surface area contributed by atoms with Gasteiger partial charge in [0.1, 0.15) is 5.82 Å². The van der Waals surface area contributed by atoms with E-state index in [1.807, 2.05) is 29.8 Å². The van der Waals surface area contributed by atoms with Crippen molar-refractivity contribution in [2.75, 3.05) is 0 Å². The summed E-state index contributed by atoms with van der Waals surface area (Å²) in [4.78, 5) is 0. The van der Waals surface area contributed by atoms with Crippen LogP contribution in [0.15, 0.2) is 35.0 Å². The molecule has 0 saturated carbocycles. The van der Waals surface area contributed by atoms with E-state index < -0.39 is 0 Å². The molecule has 3 N–H and O–H groups in total. The molecule has 0 spiro atoms. The number of hydrogen-bond acceptors (Lipinski definition) is 3. The van der Waals surface area contributed by atoms with E-state index in [0.717, 1.165) is 16.7 Å². The van der Waals surface area contributed by atoms with Crippen LogP contribution in [-0.2, 0) is 0 Å². The van der Waals surface area contributed by atoms with Gasteiger partial charge in [-0.1, -0.05) is 6.07 Å². The Hall–Kier alpha value is -1.23. The second-order valence-electron chi connectivity index (χ2n) is 3.72. The Morgan fingerprint density at radius 1 is 1.31 bits per heavy atom. The Kier molecular flexibility index (Phi) is 3.33. The molecule has 2 rings (SSSR count). The molecule has 4 heteroatoms. The van der Waals surface area contributed by atoms with Gasteiger partial charge in [0, 0.05) is 0 Å². The Morgan fingerprint density at radius 3 is 2.69 bits per heavy atom. The van der Waals surface area contributed by atoms with Gasteiger partial charge in [-0.15, -0.1) is 0 Å². The summed E-state index contributed by atoms with van der Waals surface area (Å²) in [6.07, 6.45) is 0. The molecule has 84 valence electrons. The standard InChI is InChI=1S/C12H13FN2S/c1-8-4-10(6-11(13)5-8)12(15-14)9-2-3-16-7-9/h2-7,12,15H,14H2,1H3. The summed E-state index contributed by atoms with van der Waals surface area (Å²) in [5.41, 5.74) is 5.51. The summed E-state index contributed by atoms with van der Waals surface area (Å²) in [6, 6.07) is 6.78. The molecule has 0 aliphatic carbocycles. The first-order valence-electron chi connectivity index (χ1n) is 4.96. The van der Waals surface area contributed by atoms with E-state index in [1.165, 1.54) is 12.1 Å². The van der Waals surface area contributed by atoms with Gasteiger partial charge in [0.2, 0.25) is 0 Å². The van der Waals surface area contributed by atoms with E-state index in [0.29, 0.717) is 0 Å². The maximum absolute atomic E-state index is 13.3. The zero-order valence-electron chi connectivity index (χ0n) is 8.91. The summed E-state index contributed by atoms with van der Waals surface area (Å²) in [5, 5.41) is 3.98. The zero-order valence-corrected chi connectivity index (χ0v) is 9.72. The number of halogens is 1. The summed E-state index contributed by atoms with van der Waals surface area (Å²) in [7, 11) is 0. The van der Waals surface area contributed by atoms with Crippen LogP contribution in [0.5, 0.6) is 0 Å². The van der Waals surface area contributed by atoms with Crippen molar-refractivity contribution in [1.82, 2.24) is 5.43 Å². The van der Waals surface area contributed by atoms with Crippen LogP contribution in [0.4, 0.5) is 4.39 Å². The Labute approximate surface area is 97.9 Å². The first-order chi connectivity index (χ1) is 7.70. The van der Waals surface area contributed by atoms with Crippen molar-refractivity contribution >= 4 is 11.3 Å². The maximum atomic E-state index is 13.3. The number of hydrogen-bond donors (Lipinski definition) is 2. The molecule has 16 heavy (non-hydrogen) atoms. The number of benzene rings is 1. The third-order valence-corrected chi connectivity index (χ3v) is 3.14. The average molecular weight is 236 g/mol. The molecule has 0 saturated heterocycles. The van der Waals surface area contributed by atoms with Crippen molar-refractivity contribution in [2.24, 2.45) is 5.84 Å². The van der Waals surface area contributed by atoms with E-state index in [9.17, 15) is 4.39 Å². The van der Waals surface area contributed by atoms with Gasteiger partial charge < -0.3 is 0 Å². The maximum Gasteiger partial charge on any atom is 0.123 e.